The molecule has 0 radical (unpaired) electrons. The van der Waals surface area contributed by atoms with Crippen LogP contribution < -0.4 is 5.43 Å². The molecule has 6 heteroatoms. The van der Waals surface area contributed by atoms with Gasteiger partial charge in [-0.05, 0) is 55.2 Å². The summed E-state index contributed by atoms with van der Waals surface area (Å²) in [5.41, 5.74) is 1.69. The number of carbonyl (C=O) groups is 1. The van der Waals surface area contributed by atoms with Gasteiger partial charge in [0.05, 0.1) is 17.0 Å². The van der Waals surface area contributed by atoms with Crippen LogP contribution in [-0.2, 0) is 0 Å². The average molecular weight is 519 g/mol. The molecule has 1 aliphatic rings. The summed E-state index contributed by atoms with van der Waals surface area (Å²) in [7, 11) is 0. The first-order chi connectivity index (χ1) is 16.5. The van der Waals surface area contributed by atoms with Crippen LogP contribution in [0.25, 0.3) is 21.7 Å². The van der Waals surface area contributed by atoms with Gasteiger partial charge in [0, 0.05) is 16.4 Å². The van der Waals surface area contributed by atoms with Gasteiger partial charge in [0.15, 0.2) is 5.43 Å². The molecule has 34 heavy (non-hydrogen) atoms. The maximum absolute atomic E-state index is 13.8. The third-order valence-corrected chi connectivity index (χ3v) is 7.28. The van der Waals surface area contributed by atoms with E-state index >= 15 is 0 Å². The fourth-order valence-electron chi connectivity index (χ4n) is 5.01. The third-order valence-electron chi connectivity index (χ3n) is 6.79. The summed E-state index contributed by atoms with van der Waals surface area (Å²) < 4.78 is 7.19. The van der Waals surface area contributed by atoms with Gasteiger partial charge in [-0.15, -0.1) is 0 Å². The summed E-state index contributed by atoms with van der Waals surface area (Å²) in [5.74, 6) is -0.0480. The quantitative estimate of drug-likeness (QED) is 0.282. The lowest BCUT2D eigenvalue weighted by Gasteiger charge is -2.26. The summed E-state index contributed by atoms with van der Waals surface area (Å²) in [5, 5.41) is 2.32. The molecule has 5 nitrogen and oxygen atoms in total. The van der Waals surface area contributed by atoms with Crippen molar-refractivity contribution < 1.29 is 9.21 Å². The Morgan fingerprint density at radius 2 is 1.76 bits per heavy atom. The Morgan fingerprint density at radius 1 is 0.971 bits per heavy atom. The van der Waals surface area contributed by atoms with Crippen LogP contribution in [0, 0.1) is 0 Å². The van der Waals surface area contributed by atoms with E-state index in [4.69, 9.17) is 4.42 Å². The zero-order valence-corrected chi connectivity index (χ0v) is 21.0. The van der Waals surface area contributed by atoms with Gasteiger partial charge in [0.2, 0.25) is 5.76 Å². The molecule has 5 rings (SSSR count). The van der Waals surface area contributed by atoms with Crippen molar-refractivity contribution in [1.82, 2.24) is 9.80 Å². The smallest absolute Gasteiger partial charge is 0.290 e. The standard InChI is InChI=1S/C28H27BrN2O3/c1-3-30(4-2)15-8-16-31-24(19-10-7-11-20(29)17-19)23-25(32)22-14-13-18-9-5-6-12-21(18)26(22)34-27(23)28(31)33/h5-7,9-14,17,24H,3-4,8,15-16H2,1-2H3. The Labute approximate surface area is 207 Å². The third kappa shape index (κ3) is 3.85. The van der Waals surface area contributed by atoms with Crippen molar-refractivity contribution in [3.63, 3.8) is 0 Å². The topological polar surface area (TPSA) is 53.8 Å². The molecule has 2 heterocycles. The Balaban J connectivity index is 1.66. The minimum absolute atomic E-state index is 0.133. The van der Waals surface area contributed by atoms with E-state index in [2.05, 4.69) is 34.7 Å². The van der Waals surface area contributed by atoms with E-state index in [0.717, 1.165) is 46.9 Å². The number of fused-ring (bicyclic) bond motifs is 4. The van der Waals surface area contributed by atoms with Gasteiger partial charge in [0.25, 0.3) is 5.91 Å². The van der Waals surface area contributed by atoms with Crippen molar-refractivity contribution >= 4 is 43.6 Å². The second kappa shape index (κ2) is 9.35. The highest BCUT2D eigenvalue weighted by Gasteiger charge is 2.42. The van der Waals surface area contributed by atoms with Crippen LogP contribution in [0.4, 0.5) is 0 Å². The lowest BCUT2D eigenvalue weighted by Crippen LogP contribution is -2.33. The molecule has 0 aliphatic carbocycles. The highest BCUT2D eigenvalue weighted by atomic mass is 79.9. The van der Waals surface area contributed by atoms with E-state index in [1.54, 1.807) is 0 Å². The van der Waals surface area contributed by atoms with E-state index in [9.17, 15) is 9.59 Å². The Kier molecular flexibility index (Phi) is 6.28. The van der Waals surface area contributed by atoms with Crippen LogP contribution in [0.2, 0.25) is 0 Å². The normalized spacial score (nSPS) is 15.6. The molecular weight excluding hydrogens is 492 g/mol. The largest absolute Gasteiger partial charge is 0.450 e. The first-order valence-electron chi connectivity index (χ1n) is 11.8. The Morgan fingerprint density at radius 3 is 2.53 bits per heavy atom. The minimum atomic E-state index is -0.469. The van der Waals surface area contributed by atoms with Gasteiger partial charge < -0.3 is 14.2 Å². The van der Waals surface area contributed by atoms with Crippen LogP contribution in [0.1, 0.15) is 48.0 Å². The molecule has 0 bridgehead atoms. The highest BCUT2D eigenvalue weighted by molar-refractivity contribution is 9.10. The minimum Gasteiger partial charge on any atom is -0.450 e. The van der Waals surface area contributed by atoms with E-state index in [-0.39, 0.29) is 17.1 Å². The maximum Gasteiger partial charge on any atom is 0.290 e. The van der Waals surface area contributed by atoms with E-state index < -0.39 is 6.04 Å². The molecule has 1 aromatic heterocycles. The van der Waals surface area contributed by atoms with Crippen molar-refractivity contribution in [2.75, 3.05) is 26.2 Å². The molecule has 4 aromatic rings. The number of nitrogens with zero attached hydrogens (tertiary/aromatic N) is 2. The summed E-state index contributed by atoms with van der Waals surface area (Å²) >= 11 is 3.55. The molecule has 0 N–H and O–H groups in total. The molecule has 1 aliphatic heterocycles. The van der Waals surface area contributed by atoms with Crippen molar-refractivity contribution in [2.24, 2.45) is 0 Å². The van der Waals surface area contributed by atoms with Crippen molar-refractivity contribution in [2.45, 2.75) is 26.3 Å². The van der Waals surface area contributed by atoms with Crippen LogP contribution in [0.15, 0.2) is 74.3 Å². The summed E-state index contributed by atoms with van der Waals surface area (Å²) in [6.07, 6.45) is 0.822. The predicted octanol–water partition coefficient (Wildman–Crippen LogP) is 5.99. The number of rotatable bonds is 7. The van der Waals surface area contributed by atoms with Gasteiger partial charge in [-0.2, -0.15) is 0 Å². The summed E-state index contributed by atoms with van der Waals surface area (Å²) in [6.45, 7) is 7.67. The number of amides is 1. The zero-order valence-electron chi connectivity index (χ0n) is 19.4. The zero-order chi connectivity index (χ0) is 23.8. The summed E-state index contributed by atoms with van der Waals surface area (Å²) in [6, 6.07) is 18.9. The van der Waals surface area contributed by atoms with Crippen molar-refractivity contribution in [1.29, 1.82) is 0 Å². The van der Waals surface area contributed by atoms with Crippen molar-refractivity contribution in [3.8, 4) is 0 Å². The average Bonchev–Trinajstić information content (AvgIpc) is 3.13. The molecule has 0 saturated carbocycles. The number of halogens is 1. The number of hydrogen-bond donors (Lipinski definition) is 0. The second-order valence-corrected chi connectivity index (χ2v) is 9.59. The molecule has 1 amide bonds. The molecule has 3 aromatic carbocycles. The molecule has 0 fully saturated rings. The van der Waals surface area contributed by atoms with Crippen LogP contribution in [-0.4, -0.2) is 41.9 Å². The lowest BCUT2D eigenvalue weighted by molar-refractivity contribution is 0.0720. The van der Waals surface area contributed by atoms with Gasteiger partial charge >= 0.3 is 0 Å². The molecule has 174 valence electrons. The Hall–Kier alpha value is -2.96. The number of benzene rings is 3. The van der Waals surface area contributed by atoms with E-state index in [1.807, 2.05) is 65.6 Å². The van der Waals surface area contributed by atoms with E-state index in [0.29, 0.717) is 23.1 Å². The molecular formula is C28H27BrN2O3. The van der Waals surface area contributed by atoms with Crippen LogP contribution in [0.3, 0.4) is 0 Å². The maximum atomic E-state index is 13.8. The fourth-order valence-corrected chi connectivity index (χ4v) is 5.42. The van der Waals surface area contributed by atoms with Gasteiger partial charge in [-0.25, -0.2) is 0 Å². The lowest BCUT2D eigenvalue weighted by atomic mass is 9.97. The molecule has 1 unspecified atom stereocenters. The number of carbonyl (C=O) groups excluding carboxylic acids is 1. The second-order valence-electron chi connectivity index (χ2n) is 8.67. The SMILES string of the molecule is CCN(CC)CCCN1C(=O)c2oc3c(ccc4ccccc43)c(=O)c2C1c1cccc(Br)c1. The van der Waals surface area contributed by atoms with Crippen molar-refractivity contribution in [3.05, 3.63) is 92.2 Å². The predicted molar refractivity (Wildman–Crippen MR) is 139 cm³/mol. The molecule has 1 atom stereocenters. The van der Waals surface area contributed by atoms with Crippen LogP contribution in [0.5, 0.6) is 0 Å². The molecule has 0 saturated heterocycles. The summed E-state index contributed by atoms with van der Waals surface area (Å²) in [4.78, 5) is 31.7. The van der Waals surface area contributed by atoms with E-state index in [1.165, 1.54) is 0 Å². The first-order valence-corrected chi connectivity index (χ1v) is 12.6. The monoisotopic (exact) mass is 518 g/mol. The highest BCUT2D eigenvalue weighted by Crippen LogP contribution is 2.39. The Bertz CT molecular complexity index is 1440. The van der Waals surface area contributed by atoms with Gasteiger partial charge in [-0.1, -0.05) is 72.2 Å². The fraction of sp³-hybridized carbons (Fsp3) is 0.286. The van der Waals surface area contributed by atoms with Crippen LogP contribution >= 0.6 is 15.9 Å². The first kappa shape index (κ1) is 22.8. The molecule has 0 spiro atoms. The van der Waals surface area contributed by atoms with Gasteiger partial charge in [0.1, 0.15) is 5.58 Å². The van der Waals surface area contributed by atoms with Gasteiger partial charge in [-0.3, -0.25) is 9.59 Å². The number of hydrogen-bond acceptors (Lipinski definition) is 4.